The molecule has 0 heterocycles. The molecule has 0 aliphatic heterocycles. The van der Waals surface area contributed by atoms with Crippen LogP contribution >= 0.6 is 0 Å². The lowest BCUT2D eigenvalue weighted by atomic mass is 9.85. The lowest BCUT2D eigenvalue weighted by Crippen LogP contribution is -2.28. The van der Waals surface area contributed by atoms with E-state index in [1.54, 1.807) is 0 Å². The Bertz CT molecular complexity index is 559. The quantitative estimate of drug-likeness (QED) is 0.768. The Morgan fingerprint density at radius 3 is 2.33 bits per heavy atom. The molecule has 2 atom stereocenters. The smallest absolute Gasteiger partial charge is 0.0386 e. The molecule has 21 heavy (non-hydrogen) atoms. The van der Waals surface area contributed by atoms with Crippen molar-refractivity contribution < 1.29 is 0 Å². The second kappa shape index (κ2) is 7.24. The van der Waals surface area contributed by atoms with Gasteiger partial charge in [0.15, 0.2) is 0 Å². The molecule has 0 bridgehead atoms. The SMILES string of the molecule is C1=C[C@H]([C@@H](NCc2ccccc2)c2ccccc2)CCC1. The predicted molar refractivity (Wildman–Crippen MR) is 88.9 cm³/mol. The molecule has 1 heteroatoms. The van der Waals surface area contributed by atoms with Gasteiger partial charge < -0.3 is 5.32 Å². The summed E-state index contributed by atoms with van der Waals surface area (Å²) in [7, 11) is 0. The molecule has 1 nitrogen and oxygen atoms in total. The van der Waals surface area contributed by atoms with E-state index >= 15 is 0 Å². The standard InChI is InChI=1S/C20H23N/c1-4-10-17(11-5-1)16-21-20(18-12-6-2-7-13-18)19-14-8-3-9-15-19/h1-2,4-8,10-14,19-21H,3,9,15-16H2/t19-,20-/m0/s1. The third kappa shape index (κ3) is 3.83. The summed E-state index contributed by atoms with van der Waals surface area (Å²) < 4.78 is 0. The van der Waals surface area contributed by atoms with Gasteiger partial charge in [-0.1, -0.05) is 72.8 Å². The lowest BCUT2D eigenvalue weighted by molar-refractivity contribution is 0.381. The maximum Gasteiger partial charge on any atom is 0.0386 e. The summed E-state index contributed by atoms with van der Waals surface area (Å²) in [6.07, 6.45) is 8.56. The molecule has 0 fully saturated rings. The molecule has 0 spiro atoms. The first-order chi connectivity index (χ1) is 10.4. The van der Waals surface area contributed by atoms with Crippen LogP contribution in [0.3, 0.4) is 0 Å². The average Bonchev–Trinajstić information content (AvgIpc) is 2.58. The fourth-order valence-corrected chi connectivity index (χ4v) is 3.12. The summed E-state index contributed by atoms with van der Waals surface area (Å²) in [5.41, 5.74) is 2.74. The van der Waals surface area contributed by atoms with E-state index in [1.807, 2.05) is 0 Å². The van der Waals surface area contributed by atoms with Gasteiger partial charge in [-0.3, -0.25) is 0 Å². The molecule has 0 radical (unpaired) electrons. The third-order valence-electron chi connectivity index (χ3n) is 4.25. The first-order valence-electron chi connectivity index (χ1n) is 7.92. The van der Waals surface area contributed by atoms with Crippen molar-refractivity contribution in [1.29, 1.82) is 0 Å². The fourth-order valence-electron chi connectivity index (χ4n) is 3.12. The molecule has 1 aliphatic carbocycles. The minimum absolute atomic E-state index is 0.406. The summed E-state index contributed by atoms with van der Waals surface area (Å²) >= 11 is 0. The van der Waals surface area contributed by atoms with Gasteiger partial charge in [-0.05, 0) is 36.3 Å². The largest absolute Gasteiger partial charge is 0.305 e. The topological polar surface area (TPSA) is 12.0 Å². The molecule has 0 saturated heterocycles. The van der Waals surface area contributed by atoms with E-state index in [1.165, 1.54) is 30.4 Å². The molecule has 0 unspecified atom stereocenters. The summed E-state index contributed by atoms with van der Waals surface area (Å²) in [5.74, 6) is 0.602. The monoisotopic (exact) mass is 277 g/mol. The molecule has 2 aromatic rings. The van der Waals surface area contributed by atoms with E-state index < -0.39 is 0 Å². The molecule has 108 valence electrons. The maximum atomic E-state index is 3.77. The zero-order valence-electron chi connectivity index (χ0n) is 12.4. The first-order valence-corrected chi connectivity index (χ1v) is 7.92. The molecule has 1 aliphatic rings. The van der Waals surface area contributed by atoms with Gasteiger partial charge in [0.2, 0.25) is 0 Å². The normalized spacial score (nSPS) is 19.3. The molecule has 0 amide bonds. The number of benzene rings is 2. The van der Waals surface area contributed by atoms with Crippen molar-refractivity contribution in [3.05, 3.63) is 83.9 Å². The Labute approximate surface area is 127 Å². The Hall–Kier alpha value is -1.86. The van der Waals surface area contributed by atoms with Crippen molar-refractivity contribution in [3.8, 4) is 0 Å². The number of allylic oxidation sites excluding steroid dienone is 1. The summed E-state index contributed by atoms with van der Waals surface area (Å²) in [4.78, 5) is 0. The molecule has 0 saturated carbocycles. The molecular formula is C20H23N. The zero-order chi connectivity index (χ0) is 14.3. The van der Waals surface area contributed by atoms with Crippen LogP contribution in [0.5, 0.6) is 0 Å². The van der Waals surface area contributed by atoms with Crippen molar-refractivity contribution >= 4 is 0 Å². The van der Waals surface area contributed by atoms with Gasteiger partial charge >= 0.3 is 0 Å². The van der Waals surface area contributed by atoms with Gasteiger partial charge in [-0.2, -0.15) is 0 Å². The van der Waals surface area contributed by atoms with Gasteiger partial charge in [-0.15, -0.1) is 0 Å². The van der Waals surface area contributed by atoms with E-state index in [0.717, 1.165) is 6.54 Å². The highest BCUT2D eigenvalue weighted by molar-refractivity contribution is 5.22. The second-order valence-corrected chi connectivity index (χ2v) is 5.78. The third-order valence-corrected chi connectivity index (χ3v) is 4.25. The lowest BCUT2D eigenvalue weighted by Gasteiger charge is -2.28. The van der Waals surface area contributed by atoms with Crippen molar-refractivity contribution in [2.45, 2.75) is 31.8 Å². The molecule has 2 aromatic carbocycles. The summed E-state index contributed by atoms with van der Waals surface area (Å²) in [6, 6.07) is 21.9. The van der Waals surface area contributed by atoms with Gasteiger partial charge in [0.1, 0.15) is 0 Å². The molecule has 0 aromatic heterocycles. The first kappa shape index (κ1) is 14.1. The predicted octanol–water partition coefficient (Wildman–Crippen LogP) is 4.87. The summed E-state index contributed by atoms with van der Waals surface area (Å²) in [6.45, 7) is 0.921. The van der Waals surface area contributed by atoms with Crippen LogP contribution in [0.25, 0.3) is 0 Å². The molecular weight excluding hydrogens is 254 g/mol. The number of hydrogen-bond donors (Lipinski definition) is 1. The van der Waals surface area contributed by atoms with Crippen molar-refractivity contribution in [1.82, 2.24) is 5.32 Å². The minimum Gasteiger partial charge on any atom is -0.305 e. The highest BCUT2D eigenvalue weighted by Gasteiger charge is 2.21. The highest BCUT2D eigenvalue weighted by atomic mass is 14.9. The Balaban J connectivity index is 1.76. The number of hydrogen-bond acceptors (Lipinski definition) is 1. The highest BCUT2D eigenvalue weighted by Crippen LogP contribution is 2.30. The van der Waals surface area contributed by atoms with E-state index in [4.69, 9.17) is 0 Å². The van der Waals surface area contributed by atoms with Gasteiger partial charge in [0.05, 0.1) is 0 Å². The molecule has 3 rings (SSSR count). The zero-order valence-corrected chi connectivity index (χ0v) is 12.4. The number of rotatable bonds is 5. The fraction of sp³-hybridized carbons (Fsp3) is 0.300. The van der Waals surface area contributed by atoms with Crippen LogP contribution in [0.4, 0.5) is 0 Å². The van der Waals surface area contributed by atoms with Crippen LogP contribution in [-0.4, -0.2) is 0 Å². The number of nitrogens with one attached hydrogen (secondary N) is 1. The van der Waals surface area contributed by atoms with E-state index in [0.29, 0.717) is 12.0 Å². The average molecular weight is 277 g/mol. The van der Waals surface area contributed by atoms with Crippen molar-refractivity contribution in [3.63, 3.8) is 0 Å². The Kier molecular flexibility index (Phi) is 4.86. The second-order valence-electron chi connectivity index (χ2n) is 5.78. The summed E-state index contributed by atoms with van der Waals surface area (Å²) in [5, 5.41) is 3.77. The Morgan fingerprint density at radius 1 is 0.952 bits per heavy atom. The van der Waals surface area contributed by atoms with E-state index in [2.05, 4.69) is 78.1 Å². The van der Waals surface area contributed by atoms with Crippen LogP contribution in [-0.2, 0) is 6.54 Å². The van der Waals surface area contributed by atoms with Gasteiger partial charge in [0.25, 0.3) is 0 Å². The minimum atomic E-state index is 0.406. The Morgan fingerprint density at radius 2 is 1.67 bits per heavy atom. The van der Waals surface area contributed by atoms with Crippen molar-refractivity contribution in [2.24, 2.45) is 5.92 Å². The van der Waals surface area contributed by atoms with Crippen LogP contribution in [0, 0.1) is 5.92 Å². The maximum absolute atomic E-state index is 3.77. The van der Waals surface area contributed by atoms with Crippen LogP contribution < -0.4 is 5.32 Å². The van der Waals surface area contributed by atoms with Gasteiger partial charge in [-0.25, -0.2) is 0 Å². The van der Waals surface area contributed by atoms with Gasteiger partial charge in [0, 0.05) is 12.6 Å². The van der Waals surface area contributed by atoms with E-state index in [9.17, 15) is 0 Å². The van der Waals surface area contributed by atoms with Crippen LogP contribution in [0.1, 0.15) is 36.4 Å². The van der Waals surface area contributed by atoms with Crippen LogP contribution in [0.15, 0.2) is 72.8 Å². The molecule has 1 N–H and O–H groups in total. The van der Waals surface area contributed by atoms with E-state index in [-0.39, 0.29) is 0 Å². The van der Waals surface area contributed by atoms with Crippen molar-refractivity contribution in [2.75, 3.05) is 0 Å². The van der Waals surface area contributed by atoms with Crippen LogP contribution in [0.2, 0.25) is 0 Å².